The summed E-state index contributed by atoms with van der Waals surface area (Å²) in [6.07, 6.45) is 4.46. The van der Waals surface area contributed by atoms with E-state index in [1.54, 1.807) is 38.4 Å². The summed E-state index contributed by atoms with van der Waals surface area (Å²) in [7, 11) is -4.25. The minimum absolute atomic E-state index is 0.00201. The van der Waals surface area contributed by atoms with Crippen LogP contribution in [0.2, 0.25) is 0 Å². The third-order valence-corrected chi connectivity index (χ3v) is 8.31. The quantitative estimate of drug-likeness (QED) is 0.219. The van der Waals surface area contributed by atoms with Gasteiger partial charge in [-0.3, -0.25) is 9.59 Å². The van der Waals surface area contributed by atoms with Crippen LogP contribution >= 0.6 is 0 Å². The molecule has 13 nitrogen and oxygen atoms in total. The Bertz CT molecular complexity index is 1270. The van der Waals surface area contributed by atoms with Gasteiger partial charge in [0.05, 0.1) is 16.6 Å². The molecule has 2 aliphatic rings. The van der Waals surface area contributed by atoms with Crippen LogP contribution < -0.4 is 20.7 Å². The SMILES string of the molecule is Cc1cc(C)c(S(=O)(=O)NC(C(=O)O)C(NC=O)C2=NO[C@]3(CNC(CNc4ncc[nH]4)C3)C2)c(C)c1. The topological polar surface area (TPSA) is 187 Å². The summed E-state index contributed by atoms with van der Waals surface area (Å²) in [4.78, 5) is 36.5. The van der Waals surface area contributed by atoms with Gasteiger partial charge in [-0.25, -0.2) is 13.4 Å². The number of aliphatic carboxylic acids is 1. The van der Waals surface area contributed by atoms with Crippen molar-refractivity contribution in [3.05, 3.63) is 41.2 Å². The number of carboxylic acid groups (broad SMARTS) is 1. The second-order valence-electron chi connectivity index (χ2n) is 9.56. The lowest BCUT2D eigenvalue weighted by Gasteiger charge is -2.25. The van der Waals surface area contributed by atoms with Crippen molar-refractivity contribution in [2.45, 2.75) is 62.2 Å². The third-order valence-electron chi connectivity index (χ3n) is 6.57. The molecule has 1 amide bonds. The molecule has 2 aromatic rings. The average molecular weight is 534 g/mol. The number of rotatable bonds is 11. The number of hydrogen-bond donors (Lipinski definition) is 6. The Kier molecular flexibility index (Phi) is 7.52. The summed E-state index contributed by atoms with van der Waals surface area (Å²) >= 11 is 0. The number of carbonyl (C=O) groups is 2. The van der Waals surface area contributed by atoms with Crippen LogP contribution in [0.1, 0.15) is 29.5 Å². The highest BCUT2D eigenvalue weighted by molar-refractivity contribution is 7.89. The second kappa shape index (κ2) is 10.5. The maximum absolute atomic E-state index is 13.3. The molecule has 4 rings (SSSR count). The predicted octanol–water partition coefficient (Wildman–Crippen LogP) is 0.170. The van der Waals surface area contributed by atoms with Gasteiger partial charge in [-0.15, -0.1) is 0 Å². The lowest BCUT2D eigenvalue weighted by Crippen LogP contribution is -2.57. The number of anilines is 1. The van der Waals surface area contributed by atoms with Gasteiger partial charge in [0, 0.05) is 44.4 Å². The number of H-pyrrole nitrogens is 1. The summed E-state index contributed by atoms with van der Waals surface area (Å²) in [5, 5.41) is 23.0. The Morgan fingerprint density at radius 3 is 2.68 bits per heavy atom. The summed E-state index contributed by atoms with van der Waals surface area (Å²) in [5.41, 5.74) is 1.36. The number of carboxylic acids is 1. The van der Waals surface area contributed by atoms with E-state index in [1.807, 2.05) is 6.92 Å². The van der Waals surface area contributed by atoms with E-state index < -0.39 is 33.7 Å². The lowest BCUT2D eigenvalue weighted by molar-refractivity contribution is -0.139. The van der Waals surface area contributed by atoms with Crippen molar-refractivity contribution >= 4 is 34.1 Å². The normalized spacial score (nSPS) is 22.8. The van der Waals surface area contributed by atoms with Gasteiger partial charge in [-0.05, 0) is 31.9 Å². The number of aromatic amines is 1. The van der Waals surface area contributed by atoms with E-state index in [9.17, 15) is 23.1 Å². The summed E-state index contributed by atoms with van der Waals surface area (Å²) in [6, 6.07) is 0.482. The zero-order valence-electron chi connectivity index (χ0n) is 20.7. The Labute approximate surface area is 214 Å². The molecule has 37 heavy (non-hydrogen) atoms. The molecule has 1 fully saturated rings. The highest BCUT2D eigenvalue weighted by Crippen LogP contribution is 2.34. The third kappa shape index (κ3) is 5.76. The number of nitrogens with zero attached hydrogens (tertiary/aromatic N) is 2. The number of benzene rings is 1. The van der Waals surface area contributed by atoms with Crippen LogP contribution in [0.5, 0.6) is 0 Å². The number of sulfonamides is 1. The number of oxime groups is 1. The molecule has 3 heterocycles. The van der Waals surface area contributed by atoms with E-state index in [4.69, 9.17) is 4.84 Å². The van der Waals surface area contributed by atoms with Gasteiger partial charge < -0.3 is 30.9 Å². The molecule has 6 N–H and O–H groups in total. The monoisotopic (exact) mass is 533 g/mol. The van der Waals surface area contributed by atoms with Gasteiger partial charge in [0.2, 0.25) is 16.4 Å². The largest absolute Gasteiger partial charge is 0.480 e. The van der Waals surface area contributed by atoms with Gasteiger partial charge in [-0.2, -0.15) is 4.72 Å². The molecule has 1 spiro atoms. The van der Waals surface area contributed by atoms with E-state index >= 15 is 0 Å². The molecule has 0 bridgehead atoms. The minimum Gasteiger partial charge on any atom is -0.480 e. The standard InChI is InChI=1S/C23H31N7O6S/c1-13-6-14(2)20(15(3)7-13)37(34,35)30-19(21(32)33)18(28-12-31)17-9-23(36-29-17)8-16(27-11-23)10-26-22-24-4-5-25-22/h4-7,12,16,18-19,27,30H,8-11H2,1-3H3,(H,28,31)(H,32,33)(H2,24,25,26)/t16?,18?,19?,23-/m0/s1. The summed E-state index contributed by atoms with van der Waals surface area (Å²) in [5.74, 6) is -0.822. The lowest BCUT2D eigenvalue weighted by atomic mass is 9.90. The van der Waals surface area contributed by atoms with Crippen molar-refractivity contribution in [2.75, 3.05) is 18.4 Å². The van der Waals surface area contributed by atoms with Gasteiger partial charge >= 0.3 is 5.97 Å². The number of carbonyl (C=O) groups excluding carboxylic acids is 1. The van der Waals surface area contributed by atoms with E-state index in [2.05, 4.69) is 35.8 Å². The van der Waals surface area contributed by atoms with Gasteiger partial charge in [-0.1, -0.05) is 22.9 Å². The molecule has 200 valence electrons. The van der Waals surface area contributed by atoms with Crippen LogP contribution in [0.15, 0.2) is 34.6 Å². The van der Waals surface area contributed by atoms with E-state index in [0.717, 1.165) is 5.56 Å². The summed E-state index contributed by atoms with van der Waals surface area (Å²) < 4.78 is 28.9. The minimum atomic E-state index is -4.25. The van der Waals surface area contributed by atoms with Crippen LogP contribution in [-0.2, 0) is 24.4 Å². The highest BCUT2D eigenvalue weighted by Gasteiger charge is 2.49. The van der Waals surface area contributed by atoms with Crippen LogP contribution in [0.3, 0.4) is 0 Å². The first-order valence-electron chi connectivity index (χ1n) is 11.8. The number of nitrogens with one attached hydrogen (secondary N) is 5. The van der Waals surface area contributed by atoms with E-state index in [0.29, 0.717) is 43.0 Å². The first kappa shape index (κ1) is 26.6. The van der Waals surface area contributed by atoms with Crippen molar-refractivity contribution < 1.29 is 28.0 Å². The van der Waals surface area contributed by atoms with Crippen LogP contribution in [0.25, 0.3) is 0 Å². The molecule has 1 aromatic heterocycles. The number of imidazole rings is 1. The molecule has 0 saturated carbocycles. The highest BCUT2D eigenvalue weighted by atomic mass is 32.2. The fourth-order valence-corrected chi connectivity index (χ4v) is 6.76. The fraction of sp³-hybridized carbons (Fsp3) is 0.478. The van der Waals surface area contributed by atoms with E-state index in [1.165, 1.54) is 0 Å². The average Bonchev–Trinajstić information content (AvgIpc) is 3.56. The maximum Gasteiger partial charge on any atom is 0.324 e. The van der Waals surface area contributed by atoms with Crippen LogP contribution in [0, 0.1) is 20.8 Å². The molecule has 1 aromatic carbocycles. The molecule has 0 radical (unpaired) electrons. The van der Waals surface area contributed by atoms with Crippen molar-refractivity contribution in [1.29, 1.82) is 0 Å². The van der Waals surface area contributed by atoms with Crippen molar-refractivity contribution in [3.63, 3.8) is 0 Å². The first-order chi connectivity index (χ1) is 17.5. The molecule has 4 atom stereocenters. The number of hydrogen-bond acceptors (Lipinski definition) is 9. The van der Waals surface area contributed by atoms with E-state index in [-0.39, 0.29) is 23.1 Å². The Balaban J connectivity index is 1.50. The first-order valence-corrected chi connectivity index (χ1v) is 13.3. The predicted molar refractivity (Wildman–Crippen MR) is 135 cm³/mol. The fourth-order valence-electron chi connectivity index (χ4n) is 5.11. The Hall–Kier alpha value is -3.49. The molecule has 2 aliphatic heterocycles. The smallest absolute Gasteiger partial charge is 0.324 e. The molecule has 1 saturated heterocycles. The molecule has 14 heteroatoms. The van der Waals surface area contributed by atoms with Crippen molar-refractivity contribution in [1.82, 2.24) is 25.3 Å². The van der Waals surface area contributed by atoms with Gasteiger partial charge in [0.15, 0.2) is 11.5 Å². The molecular weight excluding hydrogens is 502 g/mol. The van der Waals surface area contributed by atoms with Crippen LogP contribution in [0.4, 0.5) is 5.95 Å². The molecule has 3 unspecified atom stereocenters. The zero-order chi connectivity index (χ0) is 26.8. The van der Waals surface area contributed by atoms with Crippen molar-refractivity contribution in [3.8, 4) is 0 Å². The summed E-state index contributed by atoms with van der Waals surface area (Å²) in [6.45, 7) is 6.15. The number of amides is 1. The van der Waals surface area contributed by atoms with Crippen LogP contribution in [-0.4, -0.2) is 78.4 Å². The molecule has 0 aliphatic carbocycles. The van der Waals surface area contributed by atoms with Crippen molar-refractivity contribution in [2.24, 2.45) is 5.16 Å². The number of aryl methyl sites for hydroxylation is 3. The Morgan fingerprint density at radius 1 is 1.32 bits per heavy atom. The molecular formula is C23H31N7O6S. The maximum atomic E-state index is 13.3. The zero-order valence-corrected chi connectivity index (χ0v) is 21.6. The Morgan fingerprint density at radius 2 is 2.05 bits per heavy atom. The second-order valence-corrected chi connectivity index (χ2v) is 11.2. The number of aromatic nitrogens is 2. The van der Waals surface area contributed by atoms with Gasteiger partial charge in [0.1, 0.15) is 6.04 Å². The van der Waals surface area contributed by atoms with Gasteiger partial charge in [0.25, 0.3) is 0 Å².